The van der Waals surface area contributed by atoms with Crippen molar-refractivity contribution in [1.82, 2.24) is 4.98 Å². The molecule has 1 aliphatic rings. The van der Waals surface area contributed by atoms with Crippen LogP contribution in [0, 0.1) is 0 Å². The average Bonchev–Trinajstić information content (AvgIpc) is 2.98. The molecule has 0 saturated carbocycles. The third kappa shape index (κ3) is 2.61. The van der Waals surface area contributed by atoms with Crippen molar-refractivity contribution in [2.24, 2.45) is 0 Å². The summed E-state index contributed by atoms with van der Waals surface area (Å²) in [6.45, 7) is 2.55. The molecule has 21 heavy (non-hydrogen) atoms. The maximum Gasteiger partial charge on any atom is 0.161 e. The number of pyridine rings is 1. The lowest BCUT2D eigenvalue weighted by atomic mass is 10.0. The largest absolute Gasteiger partial charge is 0.398 e. The summed E-state index contributed by atoms with van der Waals surface area (Å²) in [6, 6.07) is 10.2. The maximum atomic E-state index is 11.7. The van der Waals surface area contributed by atoms with E-state index in [9.17, 15) is 4.79 Å². The van der Waals surface area contributed by atoms with Crippen molar-refractivity contribution in [3.63, 3.8) is 0 Å². The van der Waals surface area contributed by atoms with Crippen LogP contribution in [0.2, 0.25) is 0 Å². The first kappa shape index (κ1) is 13.6. The Balaban J connectivity index is 1.96. The fraction of sp³-hybridized carbons (Fsp3) is 0.294. The van der Waals surface area contributed by atoms with Gasteiger partial charge in [-0.2, -0.15) is 0 Å². The van der Waals surface area contributed by atoms with Crippen LogP contribution in [0.15, 0.2) is 42.7 Å². The standard InChI is InChI=1S/C17H19N3O/c1-12(21)15-11-14(4-5-16(15)18)20-10-2-3-17(20)13-6-8-19-9-7-13/h4-9,11,17H,2-3,10,18H2,1H3. The molecule has 1 aliphatic heterocycles. The molecule has 1 saturated heterocycles. The van der Waals surface area contributed by atoms with Crippen LogP contribution >= 0.6 is 0 Å². The molecule has 3 rings (SSSR count). The number of aromatic nitrogens is 1. The van der Waals surface area contributed by atoms with Crippen molar-refractivity contribution in [2.75, 3.05) is 17.2 Å². The van der Waals surface area contributed by atoms with Crippen LogP contribution in [0.5, 0.6) is 0 Å². The predicted molar refractivity (Wildman–Crippen MR) is 84.4 cm³/mol. The number of nitrogen functional groups attached to an aromatic ring is 1. The van der Waals surface area contributed by atoms with Gasteiger partial charge >= 0.3 is 0 Å². The molecule has 0 amide bonds. The Bertz CT molecular complexity index is 654. The summed E-state index contributed by atoms with van der Waals surface area (Å²) in [4.78, 5) is 18.1. The van der Waals surface area contributed by atoms with Gasteiger partial charge in [-0.25, -0.2) is 0 Å². The number of ketones is 1. The highest BCUT2D eigenvalue weighted by Crippen LogP contribution is 2.36. The summed E-state index contributed by atoms with van der Waals surface area (Å²) in [5.74, 6) is 0.00834. The summed E-state index contributed by atoms with van der Waals surface area (Å²) < 4.78 is 0. The van der Waals surface area contributed by atoms with Gasteiger partial charge in [0.15, 0.2) is 5.78 Å². The number of Topliss-reactive ketones (excluding diaryl/α,β-unsaturated/α-hetero) is 1. The summed E-state index contributed by atoms with van der Waals surface area (Å²) >= 11 is 0. The van der Waals surface area contributed by atoms with Crippen LogP contribution in [-0.2, 0) is 0 Å². The SMILES string of the molecule is CC(=O)c1cc(N2CCCC2c2ccncc2)ccc1N. The smallest absolute Gasteiger partial charge is 0.161 e. The Morgan fingerprint density at radius 2 is 2.05 bits per heavy atom. The van der Waals surface area contributed by atoms with Gasteiger partial charge in [0.1, 0.15) is 0 Å². The first-order chi connectivity index (χ1) is 10.2. The maximum absolute atomic E-state index is 11.7. The molecule has 1 atom stereocenters. The van der Waals surface area contributed by atoms with Crippen LogP contribution < -0.4 is 10.6 Å². The minimum atomic E-state index is 0.00834. The molecule has 2 aromatic rings. The Morgan fingerprint density at radius 1 is 1.29 bits per heavy atom. The molecule has 1 fully saturated rings. The molecule has 0 radical (unpaired) electrons. The molecular formula is C17H19N3O. The van der Waals surface area contributed by atoms with Crippen molar-refractivity contribution >= 4 is 17.2 Å². The van der Waals surface area contributed by atoms with E-state index in [1.165, 1.54) is 5.56 Å². The summed E-state index contributed by atoms with van der Waals surface area (Å²) in [5.41, 5.74) is 9.37. The van der Waals surface area contributed by atoms with E-state index in [-0.39, 0.29) is 5.78 Å². The minimum absolute atomic E-state index is 0.00834. The molecule has 1 unspecified atom stereocenters. The summed E-state index contributed by atoms with van der Waals surface area (Å²) in [7, 11) is 0. The fourth-order valence-corrected chi connectivity index (χ4v) is 3.04. The number of hydrogen-bond donors (Lipinski definition) is 1. The first-order valence-corrected chi connectivity index (χ1v) is 7.24. The Morgan fingerprint density at radius 3 is 2.76 bits per heavy atom. The Kier molecular flexibility index (Phi) is 3.60. The van der Waals surface area contributed by atoms with Gasteiger partial charge in [-0.1, -0.05) is 0 Å². The monoisotopic (exact) mass is 281 g/mol. The van der Waals surface area contributed by atoms with Gasteiger partial charge in [-0.15, -0.1) is 0 Å². The van der Waals surface area contributed by atoms with Crippen molar-refractivity contribution in [3.05, 3.63) is 53.9 Å². The Hall–Kier alpha value is -2.36. The molecule has 4 heteroatoms. The van der Waals surface area contributed by atoms with E-state index in [0.29, 0.717) is 17.3 Å². The van der Waals surface area contributed by atoms with Crippen molar-refractivity contribution in [1.29, 1.82) is 0 Å². The first-order valence-electron chi connectivity index (χ1n) is 7.24. The second-order valence-electron chi connectivity index (χ2n) is 5.46. The third-order valence-electron chi connectivity index (χ3n) is 4.09. The van der Waals surface area contributed by atoms with Crippen molar-refractivity contribution in [2.45, 2.75) is 25.8 Å². The summed E-state index contributed by atoms with van der Waals surface area (Å²) in [6.07, 6.45) is 5.92. The third-order valence-corrected chi connectivity index (χ3v) is 4.09. The highest BCUT2D eigenvalue weighted by molar-refractivity contribution is 6.00. The molecule has 0 aliphatic carbocycles. The van der Waals surface area contributed by atoms with Gasteiger partial charge in [0, 0.05) is 35.9 Å². The number of carbonyl (C=O) groups excluding carboxylic acids is 1. The van der Waals surface area contributed by atoms with Crippen LogP contribution in [0.1, 0.15) is 41.7 Å². The van der Waals surface area contributed by atoms with E-state index in [4.69, 9.17) is 5.73 Å². The fourth-order valence-electron chi connectivity index (χ4n) is 3.04. The van der Waals surface area contributed by atoms with Gasteiger partial charge in [-0.3, -0.25) is 9.78 Å². The van der Waals surface area contributed by atoms with Gasteiger partial charge < -0.3 is 10.6 Å². The lowest BCUT2D eigenvalue weighted by Crippen LogP contribution is -2.22. The van der Waals surface area contributed by atoms with E-state index in [2.05, 4.69) is 22.0 Å². The number of nitrogens with zero attached hydrogens (tertiary/aromatic N) is 2. The number of benzene rings is 1. The highest BCUT2D eigenvalue weighted by atomic mass is 16.1. The van der Waals surface area contributed by atoms with E-state index in [1.54, 1.807) is 6.92 Å². The van der Waals surface area contributed by atoms with Crippen LogP contribution in [0.25, 0.3) is 0 Å². The van der Waals surface area contributed by atoms with E-state index >= 15 is 0 Å². The van der Waals surface area contributed by atoms with Gasteiger partial charge in [0.25, 0.3) is 0 Å². The molecule has 0 bridgehead atoms. The normalized spacial score (nSPS) is 18.0. The van der Waals surface area contributed by atoms with Gasteiger partial charge in [0.2, 0.25) is 0 Å². The van der Waals surface area contributed by atoms with Crippen LogP contribution in [-0.4, -0.2) is 17.3 Å². The number of hydrogen-bond acceptors (Lipinski definition) is 4. The predicted octanol–water partition coefficient (Wildman–Crippen LogP) is 3.21. The molecule has 108 valence electrons. The zero-order valence-electron chi connectivity index (χ0n) is 12.1. The second kappa shape index (κ2) is 5.56. The molecule has 1 aromatic carbocycles. The number of carbonyl (C=O) groups is 1. The summed E-state index contributed by atoms with van der Waals surface area (Å²) in [5, 5.41) is 0. The van der Waals surface area contributed by atoms with E-state index in [0.717, 1.165) is 25.1 Å². The van der Waals surface area contributed by atoms with Gasteiger partial charge in [0.05, 0.1) is 6.04 Å². The Labute approximate surface area is 124 Å². The van der Waals surface area contributed by atoms with Gasteiger partial charge in [-0.05, 0) is 55.7 Å². The molecule has 2 N–H and O–H groups in total. The molecule has 0 spiro atoms. The zero-order valence-corrected chi connectivity index (χ0v) is 12.1. The quantitative estimate of drug-likeness (QED) is 0.693. The second-order valence-corrected chi connectivity index (χ2v) is 5.46. The van der Waals surface area contributed by atoms with Crippen molar-refractivity contribution < 1.29 is 4.79 Å². The zero-order chi connectivity index (χ0) is 14.8. The number of rotatable bonds is 3. The highest BCUT2D eigenvalue weighted by Gasteiger charge is 2.26. The number of anilines is 2. The lowest BCUT2D eigenvalue weighted by Gasteiger charge is -2.27. The van der Waals surface area contributed by atoms with E-state index < -0.39 is 0 Å². The lowest BCUT2D eigenvalue weighted by molar-refractivity contribution is 0.101. The van der Waals surface area contributed by atoms with E-state index in [1.807, 2.05) is 30.6 Å². The number of nitrogens with two attached hydrogens (primary N) is 1. The van der Waals surface area contributed by atoms with Crippen LogP contribution in [0.3, 0.4) is 0 Å². The average molecular weight is 281 g/mol. The molecular weight excluding hydrogens is 262 g/mol. The topological polar surface area (TPSA) is 59.2 Å². The molecule has 4 nitrogen and oxygen atoms in total. The van der Waals surface area contributed by atoms with Crippen LogP contribution in [0.4, 0.5) is 11.4 Å². The molecule has 1 aromatic heterocycles. The minimum Gasteiger partial charge on any atom is -0.398 e. The molecule has 2 heterocycles. The van der Waals surface area contributed by atoms with Crippen molar-refractivity contribution in [3.8, 4) is 0 Å².